The van der Waals surface area contributed by atoms with Crippen molar-refractivity contribution in [2.24, 2.45) is 5.73 Å². The van der Waals surface area contributed by atoms with Crippen LogP contribution < -0.4 is 5.73 Å². The van der Waals surface area contributed by atoms with E-state index in [9.17, 15) is 0 Å². The van der Waals surface area contributed by atoms with Crippen molar-refractivity contribution < 1.29 is 0 Å². The van der Waals surface area contributed by atoms with Gasteiger partial charge in [-0.3, -0.25) is 0 Å². The molecule has 1 nitrogen and oxygen atoms in total. The first-order valence-corrected chi connectivity index (χ1v) is 5.01. The maximum absolute atomic E-state index is 5.92. The van der Waals surface area contributed by atoms with Crippen LogP contribution in [0.25, 0.3) is 0 Å². The lowest BCUT2D eigenvalue weighted by Gasteiger charge is -2.06. The molecule has 0 amide bonds. The fraction of sp³-hybridized carbons (Fsp3) is 0.333. The van der Waals surface area contributed by atoms with E-state index in [0.29, 0.717) is 9.97 Å². The fourth-order valence-electron chi connectivity index (χ4n) is 1.58. The van der Waals surface area contributed by atoms with Crippen LogP contribution >= 0.6 is 22.6 Å². The molecule has 0 bridgehead atoms. The Hall–Kier alpha value is -0.0900. The van der Waals surface area contributed by atoms with E-state index in [0.717, 1.165) is 6.42 Å². The number of hydrogen-bond acceptors (Lipinski definition) is 1. The highest BCUT2D eigenvalue weighted by molar-refractivity contribution is 14.1. The summed E-state index contributed by atoms with van der Waals surface area (Å²) in [4.78, 5) is 0. The van der Waals surface area contributed by atoms with Gasteiger partial charge in [0.05, 0.1) is 3.92 Å². The van der Waals surface area contributed by atoms with Crippen molar-refractivity contribution in [3.63, 3.8) is 0 Å². The van der Waals surface area contributed by atoms with E-state index in [1.807, 2.05) is 0 Å². The Labute approximate surface area is 80.1 Å². The first-order valence-electron chi connectivity index (χ1n) is 3.76. The van der Waals surface area contributed by atoms with Crippen molar-refractivity contribution >= 4 is 22.6 Å². The van der Waals surface area contributed by atoms with Crippen LogP contribution in [0.1, 0.15) is 15.1 Å². The molecule has 0 saturated heterocycles. The van der Waals surface area contributed by atoms with Crippen molar-refractivity contribution in [3.05, 3.63) is 35.4 Å². The summed E-state index contributed by atoms with van der Waals surface area (Å²) in [5, 5.41) is 0. The third kappa shape index (κ3) is 1.18. The summed E-state index contributed by atoms with van der Waals surface area (Å²) in [6, 6.07) is 8.85. The van der Waals surface area contributed by atoms with Gasteiger partial charge in [-0.05, 0) is 17.5 Å². The van der Waals surface area contributed by atoms with Gasteiger partial charge in [0, 0.05) is 6.04 Å². The lowest BCUT2D eigenvalue weighted by atomic mass is 10.1. The van der Waals surface area contributed by atoms with E-state index in [1.54, 1.807) is 0 Å². The molecular weight excluding hydrogens is 249 g/mol. The molecule has 2 unspecified atom stereocenters. The minimum absolute atomic E-state index is 0.327. The third-order valence-electron chi connectivity index (χ3n) is 2.18. The number of halogens is 1. The first-order chi connectivity index (χ1) is 5.29. The summed E-state index contributed by atoms with van der Waals surface area (Å²) < 4.78 is 0.517. The molecule has 0 saturated carbocycles. The van der Waals surface area contributed by atoms with Crippen molar-refractivity contribution in [1.82, 2.24) is 0 Å². The van der Waals surface area contributed by atoms with Crippen LogP contribution in [-0.2, 0) is 6.42 Å². The number of rotatable bonds is 0. The lowest BCUT2D eigenvalue weighted by molar-refractivity contribution is 0.725. The topological polar surface area (TPSA) is 26.0 Å². The Kier molecular flexibility index (Phi) is 1.89. The zero-order valence-corrected chi connectivity index (χ0v) is 8.28. The van der Waals surface area contributed by atoms with E-state index >= 15 is 0 Å². The molecule has 2 N–H and O–H groups in total. The average Bonchev–Trinajstić information content (AvgIpc) is 2.30. The van der Waals surface area contributed by atoms with Gasteiger partial charge in [0.1, 0.15) is 0 Å². The summed E-state index contributed by atoms with van der Waals surface area (Å²) in [5.74, 6) is 0. The molecule has 0 aromatic heterocycles. The van der Waals surface area contributed by atoms with Crippen LogP contribution in [0.15, 0.2) is 24.3 Å². The van der Waals surface area contributed by atoms with Gasteiger partial charge >= 0.3 is 0 Å². The summed E-state index contributed by atoms with van der Waals surface area (Å²) >= 11 is 2.42. The van der Waals surface area contributed by atoms with Gasteiger partial charge in [-0.25, -0.2) is 0 Å². The second-order valence-corrected chi connectivity index (χ2v) is 4.31. The standard InChI is InChI=1S/C9H10IN/c10-9-7-4-2-1-3-6(7)5-8(9)11/h1-4,8-9H,5,11H2. The maximum atomic E-state index is 5.92. The number of alkyl halides is 1. The predicted octanol–water partition coefficient (Wildman–Crippen LogP) is 2.05. The molecule has 0 radical (unpaired) electrons. The smallest absolute Gasteiger partial charge is 0.0516 e. The molecule has 0 heterocycles. The van der Waals surface area contributed by atoms with Gasteiger partial charge in [-0.2, -0.15) is 0 Å². The summed E-state index contributed by atoms with van der Waals surface area (Å²) in [5.41, 5.74) is 8.78. The lowest BCUT2D eigenvalue weighted by Crippen LogP contribution is -2.21. The van der Waals surface area contributed by atoms with Gasteiger partial charge in [0.2, 0.25) is 0 Å². The molecule has 2 atom stereocenters. The normalized spacial score (nSPS) is 28.5. The molecule has 1 aromatic carbocycles. The minimum atomic E-state index is 0.327. The summed E-state index contributed by atoms with van der Waals surface area (Å²) in [6.07, 6.45) is 1.05. The Morgan fingerprint density at radius 2 is 2.09 bits per heavy atom. The number of benzene rings is 1. The molecule has 1 aromatic rings. The van der Waals surface area contributed by atoms with E-state index in [-0.39, 0.29) is 0 Å². The zero-order chi connectivity index (χ0) is 7.84. The Balaban J connectivity index is 2.47. The minimum Gasteiger partial charge on any atom is -0.326 e. The number of nitrogens with two attached hydrogens (primary N) is 1. The molecule has 58 valence electrons. The quantitative estimate of drug-likeness (QED) is 0.560. The number of hydrogen-bond donors (Lipinski definition) is 1. The molecule has 2 rings (SSSR count). The molecule has 1 aliphatic carbocycles. The van der Waals surface area contributed by atoms with Crippen LogP contribution in [0.5, 0.6) is 0 Å². The molecule has 0 spiro atoms. The SMILES string of the molecule is NC1Cc2ccccc2C1I. The van der Waals surface area contributed by atoms with Crippen LogP contribution in [0, 0.1) is 0 Å². The Bertz CT molecular complexity index is 272. The highest BCUT2D eigenvalue weighted by Gasteiger charge is 2.26. The van der Waals surface area contributed by atoms with Crippen LogP contribution in [0.4, 0.5) is 0 Å². The molecule has 1 aliphatic rings. The molecule has 0 aliphatic heterocycles. The van der Waals surface area contributed by atoms with E-state index in [2.05, 4.69) is 46.9 Å². The highest BCUT2D eigenvalue weighted by atomic mass is 127. The van der Waals surface area contributed by atoms with Gasteiger partial charge in [0.25, 0.3) is 0 Å². The third-order valence-corrected chi connectivity index (χ3v) is 3.78. The van der Waals surface area contributed by atoms with Crippen molar-refractivity contribution in [2.45, 2.75) is 16.4 Å². The van der Waals surface area contributed by atoms with E-state index < -0.39 is 0 Å². The summed E-state index contributed by atoms with van der Waals surface area (Å²) in [6.45, 7) is 0. The Morgan fingerprint density at radius 3 is 2.82 bits per heavy atom. The second kappa shape index (κ2) is 2.75. The maximum Gasteiger partial charge on any atom is 0.0516 e. The van der Waals surface area contributed by atoms with Gasteiger partial charge < -0.3 is 5.73 Å². The fourth-order valence-corrected chi connectivity index (χ4v) is 2.44. The highest BCUT2D eigenvalue weighted by Crippen LogP contribution is 2.36. The van der Waals surface area contributed by atoms with Crippen LogP contribution in [0.2, 0.25) is 0 Å². The average molecular weight is 259 g/mol. The molecule has 11 heavy (non-hydrogen) atoms. The molecular formula is C9H10IN. The molecule has 2 heteroatoms. The van der Waals surface area contributed by atoms with E-state index in [1.165, 1.54) is 11.1 Å². The predicted molar refractivity (Wildman–Crippen MR) is 54.9 cm³/mol. The van der Waals surface area contributed by atoms with Crippen molar-refractivity contribution in [1.29, 1.82) is 0 Å². The second-order valence-electron chi connectivity index (χ2n) is 2.97. The largest absolute Gasteiger partial charge is 0.326 e. The van der Waals surface area contributed by atoms with Crippen LogP contribution in [-0.4, -0.2) is 6.04 Å². The number of fused-ring (bicyclic) bond motifs is 1. The summed E-state index contributed by atoms with van der Waals surface area (Å²) in [7, 11) is 0. The Morgan fingerprint density at radius 1 is 1.36 bits per heavy atom. The van der Waals surface area contributed by atoms with Gasteiger partial charge in [-0.15, -0.1) is 0 Å². The van der Waals surface area contributed by atoms with Crippen LogP contribution in [0.3, 0.4) is 0 Å². The molecule has 0 fully saturated rings. The van der Waals surface area contributed by atoms with E-state index in [4.69, 9.17) is 5.73 Å². The van der Waals surface area contributed by atoms with Crippen molar-refractivity contribution in [2.75, 3.05) is 0 Å². The first kappa shape index (κ1) is 7.55. The van der Waals surface area contributed by atoms with Gasteiger partial charge in [0.15, 0.2) is 0 Å². The van der Waals surface area contributed by atoms with Gasteiger partial charge in [-0.1, -0.05) is 46.9 Å². The zero-order valence-electron chi connectivity index (χ0n) is 6.13. The van der Waals surface area contributed by atoms with Crippen molar-refractivity contribution in [3.8, 4) is 0 Å². The monoisotopic (exact) mass is 259 g/mol.